The Morgan fingerprint density at radius 2 is 1.97 bits per heavy atom. The third-order valence-corrected chi connectivity index (χ3v) is 6.09. The van der Waals surface area contributed by atoms with Crippen molar-refractivity contribution in [3.63, 3.8) is 0 Å². The van der Waals surface area contributed by atoms with Crippen LogP contribution < -0.4 is 10.6 Å². The van der Waals surface area contributed by atoms with E-state index in [9.17, 15) is 14.0 Å². The summed E-state index contributed by atoms with van der Waals surface area (Å²) in [6, 6.07) is 8.92. The van der Waals surface area contributed by atoms with E-state index >= 15 is 0 Å². The second-order valence-electron chi connectivity index (χ2n) is 8.02. The van der Waals surface area contributed by atoms with Gasteiger partial charge in [0.25, 0.3) is 5.91 Å². The number of pyridine rings is 1. The van der Waals surface area contributed by atoms with Gasteiger partial charge in [0.2, 0.25) is 5.91 Å². The molecule has 1 aliphatic rings. The second kappa shape index (κ2) is 9.67. The minimum atomic E-state index is -0.771. The average Bonchev–Trinajstić information content (AvgIpc) is 3.23. The van der Waals surface area contributed by atoms with Crippen LogP contribution in [0.5, 0.6) is 0 Å². The molecule has 0 saturated carbocycles. The van der Waals surface area contributed by atoms with E-state index in [0.29, 0.717) is 35.5 Å². The molecule has 1 aromatic carbocycles. The summed E-state index contributed by atoms with van der Waals surface area (Å²) in [5.74, 6) is -0.888. The molecule has 2 amide bonds. The first-order chi connectivity index (χ1) is 15.4. The van der Waals surface area contributed by atoms with Crippen LogP contribution in [0.25, 0.3) is 10.9 Å². The molecule has 1 saturated heterocycles. The van der Waals surface area contributed by atoms with Crippen molar-refractivity contribution in [2.45, 2.75) is 31.3 Å². The minimum Gasteiger partial charge on any atom is -0.349 e. The first-order valence-corrected chi connectivity index (χ1v) is 11.0. The number of nitrogens with zero attached hydrogens (tertiary/aromatic N) is 2. The smallest absolute Gasteiger partial charge is 0.268 e. The zero-order chi connectivity index (χ0) is 22.7. The van der Waals surface area contributed by atoms with Crippen LogP contribution in [0.2, 0.25) is 5.15 Å². The summed E-state index contributed by atoms with van der Waals surface area (Å²) < 4.78 is 13.3. The number of aromatic nitrogens is 2. The van der Waals surface area contributed by atoms with E-state index in [0.717, 1.165) is 23.8 Å². The molecule has 0 radical (unpaired) electrons. The number of nitrogens with one attached hydrogen (secondary N) is 3. The van der Waals surface area contributed by atoms with Crippen LogP contribution in [-0.2, 0) is 11.2 Å². The van der Waals surface area contributed by atoms with Gasteiger partial charge in [-0.1, -0.05) is 23.7 Å². The number of H-pyrrole nitrogens is 1. The molecule has 0 unspecified atom stereocenters. The number of carbonyl (C=O) groups excluding carboxylic acids is 2. The fourth-order valence-corrected chi connectivity index (χ4v) is 4.19. The molecule has 168 valence electrons. The van der Waals surface area contributed by atoms with E-state index in [-0.39, 0.29) is 18.1 Å². The van der Waals surface area contributed by atoms with Crippen molar-refractivity contribution < 1.29 is 14.0 Å². The highest BCUT2D eigenvalue weighted by atomic mass is 35.5. The third-order valence-electron chi connectivity index (χ3n) is 5.89. The standard InChI is InChI=1S/C23H25ClFN5O2/c1-26-17-6-8-30(9-7-17)23(32)19(10-14-2-4-16(25)5-3-14)29-22(31)18-11-15-12-21(24)27-13-20(15)28-18/h2-5,11-13,17,19,26,28H,6-10H2,1H3,(H,29,31)/t19-/m0/s1. The highest BCUT2D eigenvalue weighted by Gasteiger charge is 2.29. The molecule has 32 heavy (non-hydrogen) atoms. The molecule has 4 rings (SSSR count). The Morgan fingerprint density at radius 1 is 1.25 bits per heavy atom. The van der Waals surface area contributed by atoms with E-state index < -0.39 is 11.9 Å². The van der Waals surface area contributed by atoms with Crippen LogP contribution in [-0.4, -0.2) is 58.9 Å². The summed E-state index contributed by atoms with van der Waals surface area (Å²) >= 11 is 5.93. The number of amides is 2. The Labute approximate surface area is 190 Å². The summed E-state index contributed by atoms with van der Waals surface area (Å²) in [5, 5.41) is 7.20. The molecule has 1 fully saturated rings. The molecule has 0 spiro atoms. The van der Waals surface area contributed by atoms with Crippen LogP contribution in [0.4, 0.5) is 4.39 Å². The number of aromatic amines is 1. The molecular formula is C23H25ClFN5O2. The lowest BCUT2D eigenvalue weighted by Gasteiger charge is -2.34. The van der Waals surface area contributed by atoms with Crippen LogP contribution in [0.1, 0.15) is 28.9 Å². The number of benzene rings is 1. The molecular weight excluding hydrogens is 433 g/mol. The summed E-state index contributed by atoms with van der Waals surface area (Å²) in [6.45, 7) is 1.24. The summed E-state index contributed by atoms with van der Waals surface area (Å²) in [6.07, 6.45) is 3.54. The van der Waals surface area contributed by atoms with Crippen molar-refractivity contribution in [2.75, 3.05) is 20.1 Å². The number of fused-ring (bicyclic) bond motifs is 1. The number of hydrogen-bond acceptors (Lipinski definition) is 4. The Hall–Kier alpha value is -2.97. The third kappa shape index (κ3) is 5.08. The van der Waals surface area contributed by atoms with Gasteiger partial charge in [0.15, 0.2) is 0 Å². The molecule has 2 aromatic heterocycles. The largest absolute Gasteiger partial charge is 0.349 e. The van der Waals surface area contributed by atoms with E-state index in [1.807, 2.05) is 7.05 Å². The number of hydrogen-bond donors (Lipinski definition) is 3. The van der Waals surface area contributed by atoms with Crippen LogP contribution in [0, 0.1) is 5.82 Å². The van der Waals surface area contributed by atoms with Crippen molar-refractivity contribution in [3.05, 3.63) is 64.8 Å². The SMILES string of the molecule is CNC1CCN(C(=O)[C@H](Cc2ccc(F)cc2)NC(=O)c2cc3cc(Cl)ncc3[nH]2)CC1. The summed E-state index contributed by atoms with van der Waals surface area (Å²) in [5.41, 5.74) is 1.76. The van der Waals surface area contributed by atoms with E-state index in [2.05, 4.69) is 20.6 Å². The Morgan fingerprint density at radius 3 is 2.66 bits per heavy atom. The molecule has 7 nitrogen and oxygen atoms in total. The van der Waals surface area contributed by atoms with Crippen LogP contribution in [0.3, 0.4) is 0 Å². The van der Waals surface area contributed by atoms with Gasteiger partial charge in [0, 0.05) is 30.9 Å². The maximum Gasteiger partial charge on any atom is 0.268 e. The lowest BCUT2D eigenvalue weighted by atomic mass is 10.0. The lowest BCUT2D eigenvalue weighted by Crippen LogP contribution is -2.53. The molecule has 9 heteroatoms. The van der Waals surface area contributed by atoms with Gasteiger partial charge in [0.05, 0.1) is 11.7 Å². The number of carbonyl (C=O) groups is 2. The van der Waals surface area contributed by atoms with Gasteiger partial charge in [-0.2, -0.15) is 0 Å². The second-order valence-corrected chi connectivity index (χ2v) is 8.41. The molecule has 3 aromatic rings. The van der Waals surface area contributed by atoms with Gasteiger partial charge in [-0.3, -0.25) is 9.59 Å². The van der Waals surface area contributed by atoms with Crippen molar-refractivity contribution in [1.82, 2.24) is 25.5 Å². The average molecular weight is 458 g/mol. The quantitative estimate of drug-likeness (QED) is 0.496. The first kappa shape index (κ1) is 22.2. The van der Waals surface area contributed by atoms with Crippen molar-refractivity contribution in [2.24, 2.45) is 0 Å². The minimum absolute atomic E-state index is 0.141. The van der Waals surface area contributed by atoms with Gasteiger partial charge in [-0.15, -0.1) is 0 Å². The molecule has 0 bridgehead atoms. The van der Waals surface area contributed by atoms with Crippen molar-refractivity contribution >= 4 is 34.3 Å². The molecule has 1 aliphatic heterocycles. The summed E-state index contributed by atoms with van der Waals surface area (Å²) in [7, 11) is 1.92. The predicted octanol–water partition coefficient (Wildman–Crippen LogP) is 2.91. The Bertz CT molecular complexity index is 1110. The molecule has 0 aliphatic carbocycles. The fourth-order valence-electron chi connectivity index (χ4n) is 4.03. The normalized spacial score (nSPS) is 15.7. The number of rotatable bonds is 6. The highest BCUT2D eigenvalue weighted by molar-refractivity contribution is 6.30. The Balaban J connectivity index is 1.53. The van der Waals surface area contributed by atoms with Crippen molar-refractivity contribution in [3.8, 4) is 0 Å². The highest BCUT2D eigenvalue weighted by Crippen LogP contribution is 2.19. The van der Waals surface area contributed by atoms with Gasteiger partial charge in [0.1, 0.15) is 22.7 Å². The van der Waals surface area contributed by atoms with Crippen LogP contribution in [0.15, 0.2) is 42.6 Å². The van der Waals surface area contributed by atoms with Gasteiger partial charge in [-0.05, 0) is 49.7 Å². The maximum absolute atomic E-state index is 13.3. The van der Waals surface area contributed by atoms with E-state index in [1.54, 1.807) is 35.4 Å². The van der Waals surface area contributed by atoms with E-state index in [4.69, 9.17) is 11.6 Å². The number of piperidine rings is 1. The van der Waals surface area contributed by atoms with Crippen molar-refractivity contribution in [1.29, 1.82) is 0 Å². The number of likely N-dealkylation sites (tertiary alicyclic amines) is 1. The van der Waals surface area contributed by atoms with Gasteiger partial charge >= 0.3 is 0 Å². The zero-order valence-corrected chi connectivity index (χ0v) is 18.5. The Kier molecular flexibility index (Phi) is 6.72. The monoisotopic (exact) mass is 457 g/mol. The van der Waals surface area contributed by atoms with Gasteiger partial charge in [-0.25, -0.2) is 9.37 Å². The topological polar surface area (TPSA) is 90.1 Å². The predicted molar refractivity (Wildman–Crippen MR) is 121 cm³/mol. The molecule has 3 N–H and O–H groups in total. The zero-order valence-electron chi connectivity index (χ0n) is 17.7. The molecule has 3 heterocycles. The lowest BCUT2D eigenvalue weighted by molar-refractivity contribution is -0.134. The fraction of sp³-hybridized carbons (Fsp3) is 0.348. The first-order valence-electron chi connectivity index (χ1n) is 10.6. The molecule has 1 atom stereocenters. The summed E-state index contributed by atoms with van der Waals surface area (Å²) in [4.78, 5) is 35.1. The number of halogens is 2. The van der Waals surface area contributed by atoms with Crippen LogP contribution >= 0.6 is 11.6 Å². The maximum atomic E-state index is 13.3. The van der Waals surface area contributed by atoms with Gasteiger partial charge < -0.3 is 20.5 Å². The van der Waals surface area contributed by atoms with E-state index in [1.165, 1.54) is 12.1 Å².